The first-order valence-corrected chi connectivity index (χ1v) is 11.0. The van der Waals surface area contributed by atoms with E-state index in [0.717, 1.165) is 22.2 Å². The fourth-order valence-electron chi connectivity index (χ4n) is 3.61. The monoisotopic (exact) mass is 436 g/mol. The zero-order valence-electron chi connectivity index (χ0n) is 17.9. The molecule has 0 bridgehead atoms. The van der Waals surface area contributed by atoms with Crippen molar-refractivity contribution in [2.75, 3.05) is 18.2 Å². The molecule has 2 aromatic heterocycles. The summed E-state index contributed by atoms with van der Waals surface area (Å²) in [5.74, 6) is 0.707. The van der Waals surface area contributed by atoms with Gasteiger partial charge in [0.15, 0.2) is 5.16 Å². The van der Waals surface area contributed by atoms with E-state index in [0.29, 0.717) is 28.5 Å². The largest absolute Gasteiger partial charge is 0.497 e. The molecule has 4 rings (SSSR count). The van der Waals surface area contributed by atoms with Crippen LogP contribution in [0.4, 0.5) is 5.69 Å². The van der Waals surface area contributed by atoms with Crippen LogP contribution in [0, 0.1) is 6.92 Å². The number of carbonyl (C=O) groups excluding carboxylic acids is 1. The first-order chi connectivity index (χ1) is 14.9. The van der Waals surface area contributed by atoms with Gasteiger partial charge in [0, 0.05) is 24.7 Å². The van der Waals surface area contributed by atoms with Crippen LogP contribution in [0.25, 0.3) is 21.9 Å². The molecular formula is C23H24N4O3S. The highest BCUT2D eigenvalue weighted by Gasteiger charge is 2.19. The van der Waals surface area contributed by atoms with Crippen molar-refractivity contribution in [1.29, 1.82) is 0 Å². The van der Waals surface area contributed by atoms with Crippen molar-refractivity contribution in [2.45, 2.75) is 25.5 Å². The molecule has 0 saturated heterocycles. The number of nitrogens with zero attached hydrogens (tertiary/aromatic N) is 3. The van der Waals surface area contributed by atoms with Crippen LogP contribution in [0.15, 0.2) is 52.4 Å². The maximum absolute atomic E-state index is 13.2. The lowest BCUT2D eigenvalue weighted by atomic mass is 10.2. The maximum Gasteiger partial charge on any atom is 0.278 e. The van der Waals surface area contributed by atoms with Gasteiger partial charge >= 0.3 is 0 Å². The van der Waals surface area contributed by atoms with Crippen LogP contribution in [-0.4, -0.2) is 32.9 Å². The lowest BCUT2D eigenvalue weighted by Crippen LogP contribution is -2.24. The number of rotatable bonds is 6. The van der Waals surface area contributed by atoms with Crippen molar-refractivity contribution < 1.29 is 9.53 Å². The minimum absolute atomic E-state index is 0.119. The van der Waals surface area contributed by atoms with Crippen molar-refractivity contribution >= 4 is 45.3 Å². The van der Waals surface area contributed by atoms with E-state index in [9.17, 15) is 9.59 Å². The zero-order chi connectivity index (χ0) is 22.1. The minimum Gasteiger partial charge on any atom is -0.497 e. The van der Waals surface area contributed by atoms with E-state index < -0.39 is 0 Å². The SMILES string of the molecule is CCn1c(SCC(=O)Nc2ccc(C)cc2)nc2c3cc(OC)ccc3n(C)c2c1=O. The van der Waals surface area contributed by atoms with Crippen molar-refractivity contribution in [3.05, 3.63) is 58.4 Å². The third-order valence-corrected chi connectivity index (χ3v) is 6.23. The molecule has 31 heavy (non-hydrogen) atoms. The van der Waals surface area contributed by atoms with E-state index >= 15 is 0 Å². The normalized spacial score (nSPS) is 11.2. The predicted molar refractivity (Wildman–Crippen MR) is 125 cm³/mol. The molecule has 0 unspecified atom stereocenters. The summed E-state index contributed by atoms with van der Waals surface area (Å²) >= 11 is 1.26. The predicted octanol–water partition coefficient (Wildman–Crippen LogP) is 3.96. The number of amides is 1. The number of nitrogens with one attached hydrogen (secondary N) is 1. The second kappa shape index (κ2) is 8.47. The highest BCUT2D eigenvalue weighted by Crippen LogP contribution is 2.30. The van der Waals surface area contributed by atoms with Crippen molar-refractivity contribution in [1.82, 2.24) is 14.1 Å². The number of hydrogen-bond acceptors (Lipinski definition) is 5. The van der Waals surface area contributed by atoms with Gasteiger partial charge in [0.25, 0.3) is 5.56 Å². The summed E-state index contributed by atoms with van der Waals surface area (Å²) in [6, 6.07) is 13.3. The van der Waals surface area contributed by atoms with Crippen LogP contribution in [0.1, 0.15) is 12.5 Å². The number of benzene rings is 2. The topological polar surface area (TPSA) is 78.2 Å². The van der Waals surface area contributed by atoms with E-state index in [1.54, 1.807) is 11.7 Å². The molecule has 4 aromatic rings. The highest BCUT2D eigenvalue weighted by atomic mass is 32.2. The third kappa shape index (κ3) is 3.90. The van der Waals surface area contributed by atoms with Gasteiger partial charge in [0.2, 0.25) is 5.91 Å². The Bertz CT molecular complexity index is 1340. The van der Waals surface area contributed by atoms with Gasteiger partial charge in [-0.1, -0.05) is 29.5 Å². The summed E-state index contributed by atoms with van der Waals surface area (Å²) < 4.78 is 8.83. The fraction of sp³-hybridized carbons (Fsp3) is 0.261. The van der Waals surface area contributed by atoms with E-state index in [1.165, 1.54) is 11.8 Å². The van der Waals surface area contributed by atoms with Crippen molar-refractivity contribution in [3.63, 3.8) is 0 Å². The summed E-state index contributed by atoms with van der Waals surface area (Å²) in [4.78, 5) is 30.5. The number of fused-ring (bicyclic) bond motifs is 3. The number of ether oxygens (including phenoxy) is 1. The Kier molecular flexibility index (Phi) is 5.73. The Morgan fingerprint density at radius 1 is 1.19 bits per heavy atom. The molecule has 2 heterocycles. The summed E-state index contributed by atoms with van der Waals surface area (Å²) in [5, 5.41) is 4.25. The van der Waals surface area contributed by atoms with Gasteiger partial charge in [0.05, 0.1) is 18.4 Å². The minimum atomic E-state index is -0.148. The molecule has 0 atom stereocenters. The Morgan fingerprint density at radius 2 is 1.94 bits per heavy atom. The van der Waals surface area contributed by atoms with E-state index in [1.807, 2.05) is 67.9 Å². The fourth-order valence-corrected chi connectivity index (χ4v) is 4.47. The first-order valence-electron chi connectivity index (χ1n) is 9.99. The number of hydrogen-bond donors (Lipinski definition) is 1. The van der Waals surface area contributed by atoms with Gasteiger partial charge in [0.1, 0.15) is 16.8 Å². The first kappa shape index (κ1) is 21.0. The van der Waals surface area contributed by atoms with Crippen molar-refractivity contribution in [3.8, 4) is 5.75 Å². The van der Waals surface area contributed by atoms with Crippen molar-refractivity contribution in [2.24, 2.45) is 7.05 Å². The molecule has 160 valence electrons. The molecule has 0 saturated carbocycles. The quantitative estimate of drug-likeness (QED) is 0.366. The van der Waals surface area contributed by atoms with Gasteiger partial charge in [-0.05, 0) is 44.2 Å². The summed E-state index contributed by atoms with van der Waals surface area (Å²) in [6.45, 7) is 4.36. The number of anilines is 1. The standard InChI is InChI=1S/C23H24N4O3S/c1-5-27-22(29)21-20(17-12-16(30-4)10-11-18(17)26(21)3)25-23(27)31-13-19(28)24-15-8-6-14(2)7-9-15/h6-12H,5,13H2,1-4H3,(H,24,28). The lowest BCUT2D eigenvalue weighted by Gasteiger charge is -2.11. The Labute approximate surface area is 184 Å². The molecule has 0 fully saturated rings. The molecule has 0 aliphatic carbocycles. The van der Waals surface area contributed by atoms with E-state index in [4.69, 9.17) is 9.72 Å². The van der Waals surface area contributed by atoms with E-state index in [2.05, 4.69) is 5.32 Å². The van der Waals surface area contributed by atoms with Gasteiger partial charge in [-0.3, -0.25) is 14.2 Å². The summed E-state index contributed by atoms with van der Waals surface area (Å²) in [6.07, 6.45) is 0. The number of methoxy groups -OCH3 is 1. The van der Waals surface area contributed by atoms with Crippen LogP contribution in [0.5, 0.6) is 5.75 Å². The number of thioether (sulfide) groups is 1. The van der Waals surface area contributed by atoms with Gasteiger partial charge < -0.3 is 14.6 Å². The molecule has 8 heteroatoms. The van der Waals surface area contributed by atoms with Crippen LogP contribution in [0.3, 0.4) is 0 Å². The third-order valence-electron chi connectivity index (χ3n) is 5.25. The Balaban J connectivity index is 1.69. The maximum atomic E-state index is 13.2. The zero-order valence-corrected chi connectivity index (χ0v) is 18.7. The molecule has 0 aliphatic rings. The van der Waals surface area contributed by atoms with Gasteiger partial charge in [-0.15, -0.1) is 0 Å². The number of aromatic nitrogens is 3. The molecule has 7 nitrogen and oxygen atoms in total. The molecule has 2 aromatic carbocycles. The summed E-state index contributed by atoms with van der Waals surface area (Å²) in [5.41, 5.74) is 3.82. The van der Waals surface area contributed by atoms with Crippen LogP contribution < -0.4 is 15.6 Å². The molecular weight excluding hydrogens is 412 g/mol. The molecule has 0 radical (unpaired) electrons. The number of carbonyl (C=O) groups is 1. The van der Waals surface area contributed by atoms with Gasteiger partial charge in [-0.25, -0.2) is 4.98 Å². The lowest BCUT2D eigenvalue weighted by molar-refractivity contribution is -0.113. The second-order valence-electron chi connectivity index (χ2n) is 7.29. The van der Waals surface area contributed by atoms with Gasteiger partial charge in [-0.2, -0.15) is 0 Å². The average molecular weight is 437 g/mol. The second-order valence-corrected chi connectivity index (χ2v) is 8.23. The molecule has 1 amide bonds. The molecule has 1 N–H and O–H groups in total. The summed E-state index contributed by atoms with van der Waals surface area (Å²) in [7, 11) is 3.47. The Hall–Kier alpha value is -3.26. The molecule has 0 aliphatic heterocycles. The highest BCUT2D eigenvalue weighted by molar-refractivity contribution is 7.99. The number of aryl methyl sites for hydroxylation is 2. The Morgan fingerprint density at radius 3 is 2.61 bits per heavy atom. The average Bonchev–Trinajstić information content (AvgIpc) is 3.05. The van der Waals surface area contributed by atoms with E-state index in [-0.39, 0.29) is 17.2 Å². The molecule has 0 spiro atoms. The van der Waals surface area contributed by atoms with Crippen LogP contribution >= 0.6 is 11.8 Å². The smallest absolute Gasteiger partial charge is 0.278 e. The van der Waals surface area contributed by atoms with Crippen LogP contribution in [0.2, 0.25) is 0 Å². The van der Waals surface area contributed by atoms with Crippen LogP contribution in [-0.2, 0) is 18.4 Å².